The number of aliphatic imine (C=N–C) groups is 1. The van der Waals surface area contributed by atoms with Gasteiger partial charge < -0.3 is 19.5 Å². The van der Waals surface area contributed by atoms with Gasteiger partial charge in [0.15, 0.2) is 5.96 Å². The maximum Gasteiger partial charge on any atom is 0.309 e. The molecule has 1 saturated heterocycles. The summed E-state index contributed by atoms with van der Waals surface area (Å²) in [6, 6.07) is 0. The number of hydrogen-bond donors (Lipinski definition) is 1. The number of rotatable bonds is 7. The summed E-state index contributed by atoms with van der Waals surface area (Å²) in [4.78, 5) is 22.7. The van der Waals surface area contributed by atoms with Gasteiger partial charge in [-0.15, -0.1) is 24.0 Å². The molecule has 1 N–H and O–H groups in total. The third-order valence-corrected chi connectivity index (χ3v) is 4.66. The van der Waals surface area contributed by atoms with Gasteiger partial charge in [-0.1, -0.05) is 0 Å². The van der Waals surface area contributed by atoms with Crippen LogP contribution in [0.2, 0.25) is 0 Å². The number of esters is 1. The van der Waals surface area contributed by atoms with Crippen LogP contribution in [-0.4, -0.2) is 59.7 Å². The molecule has 26 heavy (non-hydrogen) atoms. The highest BCUT2D eigenvalue weighted by Crippen LogP contribution is 2.18. The molecule has 1 fully saturated rings. The number of halogens is 1. The highest BCUT2D eigenvalue weighted by molar-refractivity contribution is 14.0. The lowest BCUT2D eigenvalue weighted by molar-refractivity contribution is -0.149. The van der Waals surface area contributed by atoms with Crippen LogP contribution in [0.4, 0.5) is 0 Å². The largest absolute Gasteiger partial charge is 0.466 e. The van der Waals surface area contributed by atoms with E-state index in [4.69, 9.17) is 4.74 Å². The predicted octanol–water partition coefficient (Wildman–Crippen LogP) is 2.44. The van der Waals surface area contributed by atoms with Crippen LogP contribution in [0.5, 0.6) is 0 Å². The van der Waals surface area contributed by atoms with E-state index in [1.54, 1.807) is 0 Å². The predicted molar refractivity (Wildman–Crippen MR) is 114 cm³/mol. The first-order valence-corrected chi connectivity index (χ1v) is 9.25. The molecule has 2 rings (SSSR count). The van der Waals surface area contributed by atoms with E-state index in [0.717, 1.165) is 63.6 Å². The smallest absolute Gasteiger partial charge is 0.309 e. The molecular weight excluding hydrogens is 445 g/mol. The summed E-state index contributed by atoms with van der Waals surface area (Å²) in [5.74, 6) is 1.97. The van der Waals surface area contributed by atoms with Crippen molar-refractivity contribution in [1.82, 2.24) is 19.8 Å². The summed E-state index contributed by atoms with van der Waals surface area (Å²) in [6.45, 7) is 7.93. The Morgan fingerprint density at radius 1 is 1.38 bits per heavy atom. The van der Waals surface area contributed by atoms with E-state index in [2.05, 4.69) is 24.8 Å². The molecule has 0 spiro atoms. The molecule has 1 aromatic rings. The Labute approximate surface area is 173 Å². The summed E-state index contributed by atoms with van der Waals surface area (Å²) >= 11 is 0. The van der Waals surface area contributed by atoms with Gasteiger partial charge in [0.1, 0.15) is 5.82 Å². The second kappa shape index (κ2) is 12.1. The molecule has 7 nitrogen and oxygen atoms in total. The van der Waals surface area contributed by atoms with Crippen LogP contribution in [-0.2, 0) is 16.1 Å². The zero-order valence-corrected chi connectivity index (χ0v) is 18.4. The molecular formula is C18H32IN5O2. The lowest BCUT2D eigenvalue weighted by Gasteiger charge is -2.33. The molecule has 0 atom stereocenters. The Hall–Kier alpha value is -1.32. The number of hydrogen-bond acceptors (Lipinski definition) is 4. The minimum atomic E-state index is -0.0557. The van der Waals surface area contributed by atoms with Crippen LogP contribution in [0.25, 0.3) is 0 Å². The van der Waals surface area contributed by atoms with Gasteiger partial charge >= 0.3 is 5.97 Å². The number of carbonyl (C=O) groups is 1. The molecule has 148 valence electrons. The number of piperidine rings is 1. The van der Waals surface area contributed by atoms with Crippen molar-refractivity contribution in [1.29, 1.82) is 0 Å². The Kier molecular flexibility index (Phi) is 10.6. The SMILES string of the molecule is CCOC(=O)C1CCN(C(=NC)NCCCCn2ccnc2C)CC1.I. The zero-order chi connectivity index (χ0) is 18.1. The van der Waals surface area contributed by atoms with Crippen molar-refractivity contribution in [2.45, 2.75) is 46.1 Å². The third-order valence-electron chi connectivity index (χ3n) is 4.66. The zero-order valence-electron chi connectivity index (χ0n) is 16.1. The van der Waals surface area contributed by atoms with E-state index in [-0.39, 0.29) is 35.9 Å². The first-order valence-electron chi connectivity index (χ1n) is 9.25. The number of carbonyl (C=O) groups excluding carboxylic acids is 1. The molecule has 0 bridgehead atoms. The van der Waals surface area contributed by atoms with E-state index in [1.165, 1.54) is 0 Å². The van der Waals surface area contributed by atoms with Gasteiger partial charge in [-0.25, -0.2) is 4.98 Å². The number of imidazole rings is 1. The van der Waals surface area contributed by atoms with Crippen molar-refractivity contribution in [2.24, 2.45) is 10.9 Å². The molecule has 1 aromatic heterocycles. The molecule has 0 saturated carbocycles. The molecule has 1 aliphatic heterocycles. The number of nitrogens with one attached hydrogen (secondary N) is 1. The van der Waals surface area contributed by atoms with Gasteiger partial charge in [0.25, 0.3) is 0 Å². The van der Waals surface area contributed by atoms with E-state index in [9.17, 15) is 4.79 Å². The van der Waals surface area contributed by atoms with Gasteiger partial charge in [0, 0.05) is 45.6 Å². The van der Waals surface area contributed by atoms with E-state index in [0.29, 0.717) is 6.61 Å². The normalized spacial score (nSPS) is 15.5. The number of nitrogens with zero attached hydrogens (tertiary/aromatic N) is 4. The fraction of sp³-hybridized carbons (Fsp3) is 0.722. The number of aryl methyl sites for hydroxylation is 2. The molecule has 0 amide bonds. The Morgan fingerprint density at radius 2 is 2.12 bits per heavy atom. The Bertz CT molecular complexity index is 568. The maximum absolute atomic E-state index is 11.8. The second-order valence-corrected chi connectivity index (χ2v) is 6.36. The van der Waals surface area contributed by atoms with Crippen LogP contribution < -0.4 is 5.32 Å². The van der Waals surface area contributed by atoms with Crippen LogP contribution in [0.1, 0.15) is 38.4 Å². The van der Waals surface area contributed by atoms with Gasteiger partial charge in [-0.3, -0.25) is 9.79 Å². The van der Waals surface area contributed by atoms with Crippen LogP contribution >= 0.6 is 24.0 Å². The summed E-state index contributed by atoms with van der Waals surface area (Å²) in [7, 11) is 1.81. The highest BCUT2D eigenvalue weighted by Gasteiger charge is 2.27. The van der Waals surface area contributed by atoms with Crippen molar-refractivity contribution >= 4 is 35.9 Å². The van der Waals surface area contributed by atoms with Crippen molar-refractivity contribution in [3.8, 4) is 0 Å². The molecule has 2 heterocycles. The molecule has 0 radical (unpaired) electrons. The molecule has 8 heteroatoms. The maximum atomic E-state index is 11.8. The van der Waals surface area contributed by atoms with Crippen molar-refractivity contribution in [3.63, 3.8) is 0 Å². The van der Waals surface area contributed by atoms with Gasteiger partial charge in [0.2, 0.25) is 0 Å². The van der Waals surface area contributed by atoms with Crippen LogP contribution in [0, 0.1) is 12.8 Å². The molecule has 0 unspecified atom stereocenters. The molecule has 1 aliphatic rings. The number of unbranched alkanes of at least 4 members (excludes halogenated alkanes) is 1. The summed E-state index contributed by atoms with van der Waals surface area (Å²) < 4.78 is 7.30. The fourth-order valence-corrected chi connectivity index (χ4v) is 3.17. The lowest BCUT2D eigenvalue weighted by atomic mass is 9.97. The first kappa shape index (κ1) is 22.7. The summed E-state index contributed by atoms with van der Waals surface area (Å²) in [6.07, 6.45) is 7.71. The van der Waals surface area contributed by atoms with E-state index in [1.807, 2.05) is 33.3 Å². The number of aromatic nitrogens is 2. The van der Waals surface area contributed by atoms with Crippen molar-refractivity contribution in [3.05, 3.63) is 18.2 Å². The quantitative estimate of drug-likeness (QED) is 0.215. The summed E-state index contributed by atoms with van der Waals surface area (Å²) in [5.41, 5.74) is 0. The monoisotopic (exact) mass is 477 g/mol. The lowest BCUT2D eigenvalue weighted by Crippen LogP contribution is -2.46. The molecule has 0 aliphatic carbocycles. The Morgan fingerprint density at radius 3 is 2.69 bits per heavy atom. The molecule has 0 aromatic carbocycles. The topological polar surface area (TPSA) is 71.8 Å². The second-order valence-electron chi connectivity index (χ2n) is 6.36. The van der Waals surface area contributed by atoms with Crippen molar-refractivity contribution < 1.29 is 9.53 Å². The first-order chi connectivity index (χ1) is 12.2. The van der Waals surface area contributed by atoms with E-state index < -0.39 is 0 Å². The number of ether oxygens (including phenoxy) is 1. The number of likely N-dealkylation sites (tertiary alicyclic amines) is 1. The average molecular weight is 477 g/mol. The number of guanidine groups is 1. The highest BCUT2D eigenvalue weighted by atomic mass is 127. The van der Waals surface area contributed by atoms with Gasteiger partial charge in [-0.05, 0) is 39.5 Å². The minimum absolute atomic E-state index is 0. The van der Waals surface area contributed by atoms with Gasteiger partial charge in [0.05, 0.1) is 12.5 Å². The van der Waals surface area contributed by atoms with Crippen LogP contribution in [0.15, 0.2) is 17.4 Å². The van der Waals surface area contributed by atoms with Crippen molar-refractivity contribution in [2.75, 3.05) is 33.3 Å². The summed E-state index contributed by atoms with van der Waals surface area (Å²) in [5, 5.41) is 3.44. The third kappa shape index (κ3) is 6.77. The van der Waals surface area contributed by atoms with Crippen LogP contribution in [0.3, 0.4) is 0 Å². The minimum Gasteiger partial charge on any atom is -0.466 e. The average Bonchev–Trinajstić information content (AvgIpc) is 3.03. The Balaban J connectivity index is 0.00000338. The standard InChI is InChI=1S/C18H31N5O2.HI/c1-4-25-17(24)16-7-12-23(13-8-16)18(19-3)21-9-5-6-11-22-14-10-20-15(22)2;/h10,14,16H,4-9,11-13H2,1-3H3,(H,19,21);1H. The van der Waals surface area contributed by atoms with Gasteiger partial charge in [-0.2, -0.15) is 0 Å². The fourth-order valence-electron chi connectivity index (χ4n) is 3.17. The van der Waals surface area contributed by atoms with E-state index >= 15 is 0 Å².